The van der Waals surface area contributed by atoms with Crippen LogP contribution in [0.4, 0.5) is 0 Å². The van der Waals surface area contributed by atoms with Crippen LogP contribution in [0.5, 0.6) is 0 Å². The van der Waals surface area contributed by atoms with Gasteiger partial charge in [-0.1, -0.05) is 5.16 Å². The van der Waals surface area contributed by atoms with Crippen molar-refractivity contribution in [3.63, 3.8) is 0 Å². The second-order valence-electron chi connectivity index (χ2n) is 3.18. The van der Waals surface area contributed by atoms with Gasteiger partial charge in [0, 0.05) is 19.9 Å². The molecule has 1 rings (SSSR count). The highest BCUT2D eigenvalue weighted by Gasteiger charge is 2.04. The first-order valence-corrected chi connectivity index (χ1v) is 4.99. The molecule has 0 bridgehead atoms. The lowest BCUT2D eigenvalue weighted by atomic mass is 10.4. The molecule has 0 aliphatic rings. The molecule has 16 heavy (non-hydrogen) atoms. The molecule has 3 N–H and O–H groups in total. The van der Waals surface area contributed by atoms with Gasteiger partial charge in [-0.3, -0.25) is 0 Å². The molecule has 1 aromatic rings. The summed E-state index contributed by atoms with van der Waals surface area (Å²) in [5.74, 6) is 0.0990. The Balaban J connectivity index is 2.39. The fraction of sp³-hybridized carbons (Fsp3) is 0.500. The van der Waals surface area contributed by atoms with E-state index in [9.17, 15) is 0 Å². The van der Waals surface area contributed by atoms with Crippen molar-refractivity contribution < 1.29 is 14.7 Å². The predicted octanol–water partition coefficient (Wildman–Crippen LogP) is 0.246. The third-order valence-electron chi connectivity index (χ3n) is 2.11. The molecule has 0 spiro atoms. The number of oxime groups is 1. The molecule has 0 saturated heterocycles. The van der Waals surface area contributed by atoms with Gasteiger partial charge in [0.05, 0.1) is 25.5 Å². The minimum Gasteiger partial charge on any atom is -0.409 e. The monoisotopic (exact) mass is 227 g/mol. The second kappa shape index (κ2) is 6.86. The predicted molar refractivity (Wildman–Crippen MR) is 59.6 cm³/mol. The maximum absolute atomic E-state index is 8.57. The van der Waals surface area contributed by atoms with Crippen LogP contribution < -0.4 is 5.73 Å². The summed E-state index contributed by atoms with van der Waals surface area (Å²) in [5.41, 5.74) is 6.19. The number of hydrogen-bond acceptors (Lipinski definition) is 4. The highest BCUT2D eigenvalue weighted by molar-refractivity contribution is 5.95. The summed E-state index contributed by atoms with van der Waals surface area (Å²) in [6.45, 7) is 2.36. The molecule has 0 atom stereocenters. The summed E-state index contributed by atoms with van der Waals surface area (Å²) in [6.07, 6.45) is 1.85. The third-order valence-corrected chi connectivity index (χ3v) is 2.11. The lowest BCUT2D eigenvalue weighted by molar-refractivity contribution is 0.0666. The zero-order valence-electron chi connectivity index (χ0n) is 9.30. The number of amidine groups is 1. The van der Waals surface area contributed by atoms with Crippen molar-refractivity contribution in [2.45, 2.75) is 6.54 Å². The molecule has 0 amide bonds. The van der Waals surface area contributed by atoms with E-state index in [2.05, 4.69) is 5.16 Å². The Morgan fingerprint density at radius 1 is 1.50 bits per heavy atom. The minimum absolute atomic E-state index is 0.0990. The van der Waals surface area contributed by atoms with Gasteiger partial charge in [-0.15, -0.1) is 0 Å². The molecule has 6 nitrogen and oxygen atoms in total. The van der Waals surface area contributed by atoms with E-state index in [-0.39, 0.29) is 5.84 Å². The molecule has 90 valence electrons. The van der Waals surface area contributed by atoms with Crippen LogP contribution in [-0.4, -0.2) is 42.5 Å². The maximum atomic E-state index is 8.57. The molecular weight excluding hydrogens is 210 g/mol. The van der Waals surface area contributed by atoms with E-state index in [0.29, 0.717) is 32.1 Å². The molecule has 0 aliphatic heterocycles. The molecule has 6 heteroatoms. The molecule has 0 saturated carbocycles. The van der Waals surface area contributed by atoms with Gasteiger partial charge in [0.1, 0.15) is 0 Å². The van der Waals surface area contributed by atoms with Crippen LogP contribution in [0.15, 0.2) is 23.5 Å². The Labute approximate surface area is 94.3 Å². The van der Waals surface area contributed by atoms with Crippen molar-refractivity contribution in [2.75, 3.05) is 26.9 Å². The number of methoxy groups -OCH3 is 1. The van der Waals surface area contributed by atoms with Gasteiger partial charge in [-0.05, 0) is 12.1 Å². The first-order valence-electron chi connectivity index (χ1n) is 4.99. The van der Waals surface area contributed by atoms with Gasteiger partial charge in [0.2, 0.25) is 0 Å². The largest absolute Gasteiger partial charge is 0.409 e. The van der Waals surface area contributed by atoms with Crippen LogP contribution in [0.3, 0.4) is 0 Å². The summed E-state index contributed by atoms with van der Waals surface area (Å²) in [5, 5.41) is 11.5. The average molecular weight is 227 g/mol. The summed E-state index contributed by atoms with van der Waals surface area (Å²) >= 11 is 0. The quantitative estimate of drug-likeness (QED) is 0.230. The average Bonchev–Trinajstić information content (AvgIpc) is 2.76. The van der Waals surface area contributed by atoms with Gasteiger partial charge in [0.15, 0.2) is 5.84 Å². The minimum atomic E-state index is 0.0990. The summed E-state index contributed by atoms with van der Waals surface area (Å²) in [6, 6.07) is 3.62. The lowest BCUT2D eigenvalue weighted by Crippen LogP contribution is -2.19. The fourth-order valence-electron chi connectivity index (χ4n) is 1.30. The summed E-state index contributed by atoms with van der Waals surface area (Å²) < 4.78 is 12.0. The first kappa shape index (κ1) is 12.5. The first-order chi connectivity index (χ1) is 7.79. The van der Waals surface area contributed by atoms with E-state index >= 15 is 0 Å². The number of nitrogens with two attached hydrogens (primary N) is 1. The Bertz CT molecular complexity index is 336. The third kappa shape index (κ3) is 3.56. The van der Waals surface area contributed by atoms with Crippen LogP contribution in [0, 0.1) is 0 Å². The van der Waals surface area contributed by atoms with Gasteiger partial charge in [-0.2, -0.15) is 0 Å². The Morgan fingerprint density at radius 2 is 2.31 bits per heavy atom. The fourth-order valence-corrected chi connectivity index (χ4v) is 1.30. The van der Waals surface area contributed by atoms with Crippen molar-refractivity contribution in [3.8, 4) is 0 Å². The van der Waals surface area contributed by atoms with E-state index in [4.69, 9.17) is 20.4 Å². The summed E-state index contributed by atoms with van der Waals surface area (Å²) in [7, 11) is 1.63. The molecule has 0 aliphatic carbocycles. The van der Waals surface area contributed by atoms with Crippen molar-refractivity contribution >= 4 is 5.84 Å². The van der Waals surface area contributed by atoms with Crippen LogP contribution >= 0.6 is 0 Å². The molecule has 0 unspecified atom stereocenters. The van der Waals surface area contributed by atoms with Crippen LogP contribution in [0.1, 0.15) is 5.69 Å². The number of aromatic nitrogens is 1. The number of ether oxygens (including phenoxy) is 2. The Kier molecular flexibility index (Phi) is 5.38. The zero-order chi connectivity index (χ0) is 11.8. The molecule has 1 aromatic heterocycles. The highest BCUT2D eigenvalue weighted by atomic mass is 16.5. The molecule has 0 fully saturated rings. The smallest absolute Gasteiger partial charge is 0.186 e. The highest BCUT2D eigenvalue weighted by Crippen LogP contribution is 2.01. The van der Waals surface area contributed by atoms with Crippen molar-refractivity contribution in [1.29, 1.82) is 0 Å². The van der Waals surface area contributed by atoms with Crippen LogP contribution in [0.25, 0.3) is 0 Å². The van der Waals surface area contributed by atoms with Crippen LogP contribution in [0.2, 0.25) is 0 Å². The standard InChI is InChI=1S/C10H17N3O3/c1-15-7-8-16-6-5-13-4-2-3-9(13)10(11)12-14/h2-4,14H,5-8H2,1H3,(H2,11,12). The molecule has 0 radical (unpaired) electrons. The van der Waals surface area contributed by atoms with Crippen molar-refractivity contribution in [2.24, 2.45) is 10.9 Å². The van der Waals surface area contributed by atoms with Crippen molar-refractivity contribution in [3.05, 3.63) is 24.0 Å². The van der Waals surface area contributed by atoms with Gasteiger partial charge < -0.3 is 25.0 Å². The molecule has 1 heterocycles. The normalized spacial score (nSPS) is 11.9. The SMILES string of the molecule is COCCOCCn1cccc1/C(N)=N/O. The zero-order valence-corrected chi connectivity index (χ0v) is 9.30. The molecule has 0 aromatic carbocycles. The van der Waals surface area contributed by atoms with E-state index < -0.39 is 0 Å². The topological polar surface area (TPSA) is 82.0 Å². The van der Waals surface area contributed by atoms with Gasteiger partial charge in [-0.25, -0.2) is 0 Å². The van der Waals surface area contributed by atoms with E-state index in [1.165, 1.54) is 0 Å². The van der Waals surface area contributed by atoms with E-state index in [1.807, 2.05) is 16.8 Å². The van der Waals surface area contributed by atoms with E-state index in [0.717, 1.165) is 0 Å². The second-order valence-corrected chi connectivity index (χ2v) is 3.18. The lowest BCUT2D eigenvalue weighted by Gasteiger charge is -2.08. The molecular formula is C10H17N3O3. The van der Waals surface area contributed by atoms with Gasteiger partial charge in [0.25, 0.3) is 0 Å². The maximum Gasteiger partial charge on any atom is 0.186 e. The van der Waals surface area contributed by atoms with E-state index in [1.54, 1.807) is 13.2 Å². The number of hydrogen-bond donors (Lipinski definition) is 2. The number of nitrogens with zero attached hydrogens (tertiary/aromatic N) is 2. The number of rotatable bonds is 7. The van der Waals surface area contributed by atoms with Crippen LogP contribution in [-0.2, 0) is 16.0 Å². The Hall–Kier alpha value is -1.53. The Morgan fingerprint density at radius 3 is 3.00 bits per heavy atom. The summed E-state index contributed by atoms with van der Waals surface area (Å²) in [4.78, 5) is 0. The van der Waals surface area contributed by atoms with Gasteiger partial charge >= 0.3 is 0 Å². The van der Waals surface area contributed by atoms with Crippen molar-refractivity contribution in [1.82, 2.24) is 4.57 Å².